The van der Waals surface area contributed by atoms with Crippen LogP contribution < -0.4 is 10.6 Å². The van der Waals surface area contributed by atoms with E-state index in [1.807, 2.05) is 18.2 Å². The second kappa shape index (κ2) is 8.92. The molecular formula is C17H24Cl2IN3O. The first-order valence-corrected chi connectivity index (χ1v) is 8.90. The van der Waals surface area contributed by atoms with Crippen LogP contribution in [0.2, 0.25) is 10.0 Å². The molecule has 7 heteroatoms. The van der Waals surface area contributed by atoms with E-state index in [2.05, 4.69) is 22.5 Å². The maximum Gasteiger partial charge on any atom is 0.191 e. The molecule has 1 aromatic rings. The van der Waals surface area contributed by atoms with Crippen molar-refractivity contribution in [3.05, 3.63) is 33.8 Å². The zero-order valence-electron chi connectivity index (χ0n) is 13.9. The molecule has 3 rings (SSSR count). The molecule has 24 heavy (non-hydrogen) atoms. The van der Waals surface area contributed by atoms with Gasteiger partial charge in [0.25, 0.3) is 0 Å². The first-order valence-electron chi connectivity index (χ1n) is 8.15. The summed E-state index contributed by atoms with van der Waals surface area (Å²) >= 11 is 12.6. The minimum atomic E-state index is 0. The van der Waals surface area contributed by atoms with E-state index in [1.165, 1.54) is 6.42 Å². The molecule has 134 valence electrons. The molecule has 2 N–H and O–H groups in total. The Balaban J connectivity index is 0.00000208. The summed E-state index contributed by atoms with van der Waals surface area (Å²) in [4.78, 5) is 4.32. The number of nitrogens with one attached hydrogen (secondary N) is 2. The molecule has 0 radical (unpaired) electrons. The van der Waals surface area contributed by atoms with E-state index in [1.54, 1.807) is 7.05 Å². The summed E-state index contributed by atoms with van der Waals surface area (Å²) < 4.78 is 5.88. The number of guanidine groups is 1. The van der Waals surface area contributed by atoms with E-state index in [0.717, 1.165) is 24.4 Å². The van der Waals surface area contributed by atoms with Gasteiger partial charge >= 0.3 is 0 Å². The number of hydrogen-bond acceptors (Lipinski definition) is 2. The predicted molar refractivity (Wildman–Crippen MR) is 111 cm³/mol. The van der Waals surface area contributed by atoms with Crippen LogP contribution in [0, 0.1) is 0 Å². The Labute approximate surface area is 170 Å². The monoisotopic (exact) mass is 483 g/mol. The molecule has 2 aliphatic heterocycles. The highest BCUT2D eigenvalue weighted by molar-refractivity contribution is 14.0. The lowest BCUT2D eigenvalue weighted by atomic mass is 9.96. The molecule has 2 saturated heterocycles. The topological polar surface area (TPSA) is 45.7 Å². The minimum Gasteiger partial charge on any atom is -0.373 e. The summed E-state index contributed by atoms with van der Waals surface area (Å²) in [5.74, 6) is 0.993. The number of aliphatic imine (C=N–C) groups is 1. The van der Waals surface area contributed by atoms with Crippen LogP contribution in [0.3, 0.4) is 0 Å². The molecule has 4 unspecified atom stereocenters. The maximum absolute atomic E-state index is 6.28. The lowest BCUT2D eigenvalue weighted by Gasteiger charge is -2.24. The molecule has 2 aliphatic rings. The van der Waals surface area contributed by atoms with Crippen molar-refractivity contribution in [2.45, 2.75) is 50.4 Å². The highest BCUT2D eigenvalue weighted by Crippen LogP contribution is 2.34. The van der Waals surface area contributed by atoms with Crippen molar-refractivity contribution in [3.8, 4) is 0 Å². The summed E-state index contributed by atoms with van der Waals surface area (Å²) in [6.45, 7) is 2.82. The van der Waals surface area contributed by atoms with Crippen LogP contribution in [0.4, 0.5) is 0 Å². The molecule has 0 aliphatic carbocycles. The Hall–Kier alpha value is -0.240. The Morgan fingerprint density at radius 3 is 2.58 bits per heavy atom. The fraction of sp³-hybridized carbons (Fsp3) is 0.588. The number of fused-ring (bicyclic) bond motifs is 2. The molecule has 4 nitrogen and oxygen atoms in total. The van der Waals surface area contributed by atoms with Gasteiger partial charge in [0.15, 0.2) is 5.96 Å². The van der Waals surface area contributed by atoms with Gasteiger partial charge in [-0.2, -0.15) is 0 Å². The first-order chi connectivity index (χ1) is 11.1. The van der Waals surface area contributed by atoms with Crippen LogP contribution in [-0.2, 0) is 4.74 Å². The normalized spacial score (nSPS) is 26.8. The number of hydrogen-bond donors (Lipinski definition) is 2. The molecule has 0 spiro atoms. The second-order valence-electron chi connectivity index (χ2n) is 6.35. The second-order valence-corrected chi connectivity index (χ2v) is 7.16. The van der Waals surface area contributed by atoms with E-state index in [-0.39, 0.29) is 29.9 Å². The van der Waals surface area contributed by atoms with Crippen molar-refractivity contribution in [2.75, 3.05) is 13.6 Å². The van der Waals surface area contributed by atoms with Crippen molar-refractivity contribution in [1.82, 2.24) is 10.6 Å². The summed E-state index contributed by atoms with van der Waals surface area (Å²) in [6, 6.07) is 5.97. The van der Waals surface area contributed by atoms with Crippen molar-refractivity contribution in [1.29, 1.82) is 0 Å². The van der Waals surface area contributed by atoms with Crippen molar-refractivity contribution >= 4 is 53.1 Å². The van der Waals surface area contributed by atoms with E-state index >= 15 is 0 Å². The van der Waals surface area contributed by atoms with Crippen LogP contribution in [0.1, 0.15) is 37.7 Å². The van der Waals surface area contributed by atoms with Crippen molar-refractivity contribution in [2.24, 2.45) is 4.99 Å². The highest BCUT2D eigenvalue weighted by atomic mass is 127. The molecule has 2 bridgehead atoms. The number of ether oxygens (including phenoxy) is 1. The molecule has 0 aromatic heterocycles. The van der Waals surface area contributed by atoms with Gasteiger partial charge in [-0.05, 0) is 37.0 Å². The van der Waals surface area contributed by atoms with Gasteiger partial charge in [0.05, 0.1) is 18.2 Å². The lowest BCUT2D eigenvalue weighted by Crippen LogP contribution is -2.48. The molecule has 0 saturated carbocycles. The maximum atomic E-state index is 6.28. The highest BCUT2D eigenvalue weighted by Gasteiger charge is 2.41. The number of halogens is 3. The van der Waals surface area contributed by atoms with Gasteiger partial charge < -0.3 is 15.4 Å². The molecule has 2 heterocycles. The Morgan fingerprint density at radius 2 is 2.04 bits per heavy atom. The summed E-state index contributed by atoms with van der Waals surface area (Å²) in [6.07, 6.45) is 4.16. The van der Waals surface area contributed by atoms with Crippen molar-refractivity contribution in [3.63, 3.8) is 0 Å². The van der Waals surface area contributed by atoms with E-state index in [4.69, 9.17) is 27.9 Å². The van der Waals surface area contributed by atoms with Crippen LogP contribution in [0.15, 0.2) is 23.2 Å². The largest absolute Gasteiger partial charge is 0.373 e. The van der Waals surface area contributed by atoms with Crippen LogP contribution in [0.25, 0.3) is 0 Å². The third-order valence-corrected chi connectivity index (χ3v) is 5.38. The van der Waals surface area contributed by atoms with Gasteiger partial charge in [0.1, 0.15) is 0 Å². The van der Waals surface area contributed by atoms with E-state index in [0.29, 0.717) is 34.8 Å². The molecule has 4 atom stereocenters. The van der Waals surface area contributed by atoms with Gasteiger partial charge in [-0.25, -0.2) is 0 Å². The van der Waals surface area contributed by atoms with E-state index < -0.39 is 0 Å². The molecule has 1 aromatic carbocycles. The van der Waals surface area contributed by atoms with Gasteiger partial charge in [0, 0.05) is 29.6 Å². The number of rotatable bonds is 4. The van der Waals surface area contributed by atoms with Gasteiger partial charge in [-0.3, -0.25) is 4.99 Å². The van der Waals surface area contributed by atoms with E-state index in [9.17, 15) is 0 Å². The fourth-order valence-corrected chi connectivity index (χ4v) is 4.26. The standard InChI is InChI=1S/C17H23Cl2N3O.HI/c1-10(16-12(18)4-3-5-13(16)19)9-21-17(20-2)22-14-8-11-6-7-15(14)23-11;/h3-5,10-11,14-15H,6-9H2,1-2H3,(H2,20,21,22);1H. The average molecular weight is 484 g/mol. The van der Waals surface area contributed by atoms with Gasteiger partial charge in [-0.1, -0.05) is 36.2 Å². The number of benzene rings is 1. The SMILES string of the molecule is CN=C(NCC(C)c1c(Cl)cccc1Cl)NC1CC2CCC1O2.I. The lowest BCUT2D eigenvalue weighted by molar-refractivity contribution is 0.0992. The summed E-state index contributed by atoms with van der Waals surface area (Å²) in [7, 11) is 1.79. The number of nitrogens with zero attached hydrogens (tertiary/aromatic N) is 1. The Kier molecular flexibility index (Phi) is 7.46. The van der Waals surface area contributed by atoms with Crippen LogP contribution in [0.5, 0.6) is 0 Å². The van der Waals surface area contributed by atoms with Crippen molar-refractivity contribution < 1.29 is 4.74 Å². The average Bonchev–Trinajstić information content (AvgIpc) is 3.13. The van der Waals surface area contributed by atoms with Crippen LogP contribution in [-0.4, -0.2) is 37.8 Å². The summed E-state index contributed by atoms with van der Waals surface area (Å²) in [5, 5.41) is 8.27. The quantitative estimate of drug-likeness (QED) is 0.383. The third-order valence-electron chi connectivity index (χ3n) is 4.72. The minimum absolute atomic E-state index is 0. The van der Waals surface area contributed by atoms with Gasteiger partial charge in [-0.15, -0.1) is 24.0 Å². The zero-order valence-corrected chi connectivity index (χ0v) is 17.7. The molecular weight excluding hydrogens is 460 g/mol. The first kappa shape index (κ1) is 20.1. The smallest absolute Gasteiger partial charge is 0.191 e. The molecule has 0 amide bonds. The fourth-order valence-electron chi connectivity index (χ4n) is 3.49. The Bertz CT molecular complexity index is 579. The Morgan fingerprint density at radius 1 is 1.33 bits per heavy atom. The van der Waals surface area contributed by atoms with Gasteiger partial charge in [0.2, 0.25) is 0 Å². The summed E-state index contributed by atoms with van der Waals surface area (Å²) in [5.41, 5.74) is 0.974. The predicted octanol–water partition coefficient (Wildman–Crippen LogP) is 4.20. The van der Waals surface area contributed by atoms with Crippen LogP contribution >= 0.6 is 47.2 Å². The molecule has 2 fully saturated rings. The third kappa shape index (κ3) is 4.48. The zero-order chi connectivity index (χ0) is 16.4.